The molecular formula is C3H4N6. The van der Waals surface area contributed by atoms with Gasteiger partial charge in [-0.15, -0.1) is 4.80 Å². The number of hydrogen-bond acceptors (Lipinski definition) is 3. The third-order valence-corrected chi connectivity index (χ3v) is 0.903. The van der Waals surface area contributed by atoms with Gasteiger partial charge >= 0.3 is 0 Å². The molecule has 0 aliphatic carbocycles. The fourth-order valence-electron chi connectivity index (χ4n) is 0.474. The lowest BCUT2D eigenvalue weighted by molar-refractivity contribution is 0.889. The third kappa shape index (κ3) is 0.693. The van der Waals surface area contributed by atoms with Crippen LogP contribution >= 0.6 is 0 Å². The Morgan fingerprint density at radius 2 is 1.89 bits per heavy atom. The number of aromatic amines is 2. The van der Waals surface area contributed by atoms with E-state index in [4.69, 9.17) is 0 Å². The van der Waals surface area contributed by atoms with E-state index < -0.39 is 0 Å². The highest BCUT2D eigenvalue weighted by Gasteiger charge is 1.98. The highest BCUT2D eigenvalue weighted by atomic mass is 15.8. The zero-order valence-electron chi connectivity index (χ0n) is 4.44. The predicted molar refractivity (Wildman–Crippen MR) is 27.9 cm³/mol. The van der Waals surface area contributed by atoms with E-state index in [0.717, 1.165) is 0 Å². The molecule has 0 radical (unpaired) electrons. The highest BCUT2D eigenvalue weighted by Crippen LogP contribution is 1.89. The van der Waals surface area contributed by atoms with Crippen molar-refractivity contribution >= 4 is 0 Å². The molecule has 0 aliphatic rings. The maximum Gasteiger partial charge on any atom is 0.270 e. The summed E-state index contributed by atoms with van der Waals surface area (Å²) >= 11 is 0. The minimum absolute atomic E-state index is 0.574. The Balaban J connectivity index is 2.44. The van der Waals surface area contributed by atoms with Gasteiger partial charge in [-0.1, -0.05) is 0 Å². The summed E-state index contributed by atoms with van der Waals surface area (Å²) in [5.41, 5.74) is 0. The van der Waals surface area contributed by atoms with Gasteiger partial charge in [-0.2, -0.15) is 9.97 Å². The SMILES string of the molecule is c1ncnc(-n2[nH][nH]2)n1. The van der Waals surface area contributed by atoms with Crippen molar-refractivity contribution < 1.29 is 0 Å². The lowest BCUT2D eigenvalue weighted by Gasteiger charge is -1.84. The van der Waals surface area contributed by atoms with Crippen LogP contribution in [0.2, 0.25) is 0 Å². The number of nitrogens with zero attached hydrogens (tertiary/aromatic N) is 4. The predicted octanol–water partition coefficient (Wildman–Crippen LogP) is -0.682. The van der Waals surface area contributed by atoms with Gasteiger partial charge in [-0.3, -0.25) is 0 Å². The second-order valence-corrected chi connectivity index (χ2v) is 1.50. The Morgan fingerprint density at radius 3 is 2.44 bits per heavy atom. The fraction of sp³-hybridized carbons (Fsp3) is 0. The molecule has 2 aromatic heterocycles. The number of aromatic nitrogens is 6. The molecule has 2 rings (SSSR count). The fourth-order valence-corrected chi connectivity index (χ4v) is 0.474. The summed E-state index contributed by atoms with van der Waals surface area (Å²) in [4.78, 5) is 12.9. The monoisotopic (exact) mass is 124 g/mol. The molecular weight excluding hydrogens is 120 g/mol. The van der Waals surface area contributed by atoms with E-state index in [1.54, 1.807) is 4.80 Å². The minimum atomic E-state index is 0.574. The van der Waals surface area contributed by atoms with Gasteiger partial charge in [0.2, 0.25) is 0 Å². The minimum Gasteiger partial charge on any atom is -0.225 e. The molecule has 9 heavy (non-hydrogen) atoms. The average molecular weight is 124 g/mol. The van der Waals surface area contributed by atoms with Crippen molar-refractivity contribution in [3.8, 4) is 5.95 Å². The molecule has 0 spiro atoms. The molecule has 0 aliphatic heterocycles. The van der Waals surface area contributed by atoms with Crippen molar-refractivity contribution in [1.82, 2.24) is 30.2 Å². The van der Waals surface area contributed by atoms with Gasteiger partial charge in [0, 0.05) is 0 Å². The molecule has 0 saturated heterocycles. The lowest BCUT2D eigenvalue weighted by atomic mass is 11.0. The lowest BCUT2D eigenvalue weighted by Crippen LogP contribution is -1.93. The first-order chi connectivity index (χ1) is 4.47. The second-order valence-electron chi connectivity index (χ2n) is 1.50. The van der Waals surface area contributed by atoms with Crippen LogP contribution in [0.3, 0.4) is 0 Å². The van der Waals surface area contributed by atoms with Crippen LogP contribution in [0, 0.1) is 0 Å². The Kier molecular flexibility index (Phi) is 0.689. The largest absolute Gasteiger partial charge is 0.270 e. The van der Waals surface area contributed by atoms with Gasteiger partial charge in [0.05, 0.1) is 0 Å². The molecule has 0 saturated carbocycles. The van der Waals surface area contributed by atoms with Crippen LogP contribution in [0.15, 0.2) is 12.7 Å². The number of rotatable bonds is 1. The summed E-state index contributed by atoms with van der Waals surface area (Å²) in [6.45, 7) is 0. The molecule has 0 fully saturated rings. The van der Waals surface area contributed by atoms with Crippen LogP contribution in [0.5, 0.6) is 0 Å². The molecule has 6 nitrogen and oxygen atoms in total. The summed E-state index contributed by atoms with van der Waals surface area (Å²) in [5.74, 6) is 0.574. The first-order valence-corrected chi connectivity index (χ1v) is 2.40. The molecule has 0 atom stereocenters. The molecule has 0 unspecified atom stereocenters. The van der Waals surface area contributed by atoms with Gasteiger partial charge in [-0.05, 0) is 0 Å². The average Bonchev–Trinajstić information content (AvgIpc) is 2.71. The zero-order chi connectivity index (χ0) is 6.10. The van der Waals surface area contributed by atoms with E-state index in [0.29, 0.717) is 5.95 Å². The van der Waals surface area contributed by atoms with Gasteiger partial charge in [0.25, 0.3) is 5.95 Å². The maximum absolute atomic E-state index is 3.82. The maximum atomic E-state index is 3.82. The molecule has 2 heterocycles. The first-order valence-electron chi connectivity index (χ1n) is 2.40. The molecule has 2 aromatic rings. The second kappa shape index (κ2) is 1.44. The Labute approximate surface area is 49.9 Å². The number of H-pyrrole nitrogens is 2. The first kappa shape index (κ1) is 4.30. The van der Waals surface area contributed by atoms with Crippen molar-refractivity contribution in [1.29, 1.82) is 0 Å². The van der Waals surface area contributed by atoms with Crippen LogP contribution in [0.1, 0.15) is 0 Å². The molecule has 0 bridgehead atoms. The van der Waals surface area contributed by atoms with E-state index in [1.807, 2.05) is 0 Å². The van der Waals surface area contributed by atoms with Crippen molar-refractivity contribution in [3.63, 3.8) is 0 Å². The summed E-state index contributed by atoms with van der Waals surface area (Å²) in [6.07, 6.45) is 2.87. The standard InChI is InChI=1S/C3H4N6/c1-4-2-6-3(5-1)9-7-8-9/h1-2,7-8H. The van der Waals surface area contributed by atoms with Gasteiger partial charge in [0.1, 0.15) is 12.7 Å². The van der Waals surface area contributed by atoms with E-state index in [1.165, 1.54) is 12.7 Å². The quantitative estimate of drug-likeness (QED) is 0.528. The number of nitrogens with one attached hydrogen (secondary N) is 2. The molecule has 46 valence electrons. The van der Waals surface area contributed by atoms with Crippen LogP contribution in [0.4, 0.5) is 0 Å². The van der Waals surface area contributed by atoms with E-state index >= 15 is 0 Å². The van der Waals surface area contributed by atoms with E-state index in [2.05, 4.69) is 25.4 Å². The summed E-state index contributed by atoms with van der Waals surface area (Å²) in [5, 5.41) is 5.36. The van der Waals surface area contributed by atoms with Crippen molar-refractivity contribution in [2.45, 2.75) is 0 Å². The van der Waals surface area contributed by atoms with Crippen molar-refractivity contribution in [2.75, 3.05) is 0 Å². The van der Waals surface area contributed by atoms with Crippen LogP contribution in [-0.4, -0.2) is 30.2 Å². The zero-order valence-corrected chi connectivity index (χ0v) is 4.44. The van der Waals surface area contributed by atoms with Crippen LogP contribution in [-0.2, 0) is 0 Å². The summed E-state index contributed by atoms with van der Waals surface area (Å²) in [6, 6.07) is 0. The molecule has 2 N–H and O–H groups in total. The Hall–Kier alpha value is -1.59. The summed E-state index contributed by atoms with van der Waals surface area (Å²) < 4.78 is 0. The van der Waals surface area contributed by atoms with Crippen LogP contribution in [0.25, 0.3) is 5.95 Å². The third-order valence-electron chi connectivity index (χ3n) is 0.903. The Bertz CT molecular complexity index is 253. The summed E-state index contributed by atoms with van der Waals surface area (Å²) in [7, 11) is 0. The molecule has 0 amide bonds. The van der Waals surface area contributed by atoms with Crippen LogP contribution < -0.4 is 0 Å². The number of hydrogen-bond donors (Lipinski definition) is 2. The van der Waals surface area contributed by atoms with Gasteiger partial charge in [0.15, 0.2) is 0 Å². The normalized spacial score (nSPS) is 10.2. The van der Waals surface area contributed by atoms with Crippen molar-refractivity contribution in [3.05, 3.63) is 12.7 Å². The van der Waals surface area contributed by atoms with E-state index in [-0.39, 0.29) is 0 Å². The molecule has 0 aromatic carbocycles. The van der Waals surface area contributed by atoms with Crippen molar-refractivity contribution in [2.24, 2.45) is 0 Å². The molecule has 6 heteroatoms. The topological polar surface area (TPSA) is 75.2 Å². The van der Waals surface area contributed by atoms with Gasteiger partial charge in [-0.25, -0.2) is 15.4 Å². The Morgan fingerprint density at radius 1 is 1.22 bits per heavy atom. The smallest absolute Gasteiger partial charge is 0.225 e. The van der Waals surface area contributed by atoms with Gasteiger partial charge < -0.3 is 0 Å². The van der Waals surface area contributed by atoms with E-state index in [9.17, 15) is 0 Å². The highest BCUT2D eigenvalue weighted by molar-refractivity contribution is 4.99.